The number of anilines is 1. The molecule has 2 aromatic carbocycles. The van der Waals surface area contributed by atoms with Crippen molar-refractivity contribution < 1.29 is 9.47 Å². The summed E-state index contributed by atoms with van der Waals surface area (Å²) in [6, 6.07) is 11.4. The molecule has 0 saturated carbocycles. The SMILES string of the molecule is CCOc1cc(CNc2ccccc2Cl)cc(Cl)c1OC. The lowest BCUT2D eigenvalue weighted by Crippen LogP contribution is -2.02. The summed E-state index contributed by atoms with van der Waals surface area (Å²) in [7, 11) is 1.57. The van der Waals surface area contributed by atoms with Gasteiger partial charge in [-0.15, -0.1) is 0 Å². The smallest absolute Gasteiger partial charge is 0.179 e. The van der Waals surface area contributed by atoms with E-state index in [1.54, 1.807) is 7.11 Å². The third-order valence-electron chi connectivity index (χ3n) is 2.93. The number of benzene rings is 2. The lowest BCUT2D eigenvalue weighted by molar-refractivity contribution is 0.310. The largest absolute Gasteiger partial charge is 0.491 e. The van der Waals surface area contributed by atoms with Gasteiger partial charge in [-0.1, -0.05) is 35.3 Å². The second-order valence-corrected chi connectivity index (χ2v) is 5.19. The molecule has 21 heavy (non-hydrogen) atoms. The van der Waals surface area contributed by atoms with Gasteiger partial charge in [0.15, 0.2) is 11.5 Å². The summed E-state index contributed by atoms with van der Waals surface area (Å²) in [6.45, 7) is 3.06. The molecule has 0 aliphatic rings. The first-order valence-electron chi connectivity index (χ1n) is 6.63. The normalized spacial score (nSPS) is 10.3. The van der Waals surface area contributed by atoms with E-state index in [0.29, 0.717) is 34.7 Å². The van der Waals surface area contributed by atoms with Crippen LogP contribution in [0.25, 0.3) is 0 Å². The number of nitrogens with one attached hydrogen (secondary N) is 1. The Kier molecular flexibility index (Phi) is 5.59. The van der Waals surface area contributed by atoms with Crippen LogP contribution in [0.5, 0.6) is 11.5 Å². The van der Waals surface area contributed by atoms with Crippen LogP contribution >= 0.6 is 23.2 Å². The van der Waals surface area contributed by atoms with Crippen molar-refractivity contribution in [1.82, 2.24) is 0 Å². The highest BCUT2D eigenvalue weighted by molar-refractivity contribution is 6.33. The minimum atomic E-state index is 0.527. The summed E-state index contributed by atoms with van der Waals surface area (Å²) < 4.78 is 10.8. The first kappa shape index (κ1) is 15.8. The molecule has 3 nitrogen and oxygen atoms in total. The van der Waals surface area contributed by atoms with Crippen LogP contribution in [0.4, 0.5) is 5.69 Å². The van der Waals surface area contributed by atoms with Gasteiger partial charge in [0.25, 0.3) is 0 Å². The van der Waals surface area contributed by atoms with Gasteiger partial charge in [0.1, 0.15) is 0 Å². The van der Waals surface area contributed by atoms with Crippen LogP contribution in [0.1, 0.15) is 12.5 Å². The molecule has 0 unspecified atom stereocenters. The number of rotatable bonds is 6. The van der Waals surface area contributed by atoms with Gasteiger partial charge in [-0.3, -0.25) is 0 Å². The van der Waals surface area contributed by atoms with E-state index in [1.165, 1.54) is 0 Å². The molecule has 0 fully saturated rings. The number of para-hydroxylation sites is 1. The van der Waals surface area contributed by atoms with Gasteiger partial charge in [-0.25, -0.2) is 0 Å². The lowest BCUT2D eigenvalue weighted by Gasteiger charge is -2.14. The molecule has 0 aliphatic carbocycles. The van der Waals surface area contributed by atoms with Crippen LogP contribution < -0.4 is 14.8 Å². The van der Waals surface area contributed by atoms with Crippen molar-refractivity contribution in [1.29, 1.82) is 0 Å². The molecular weight excluding hydrogens is 309 g/mol. The van der Waals surface area contributed by atoms with Crippen LogP contribution in [0.2, 0.25) is 10.0 Å². The predicted molar refractivity (Wildman–Crippen MR) is 88.0 cm³/mol. The number of hydrogen-bond donors (Lipinski definition) is 1. The molecule has 0 spiro atoms. The van der Waals surface area contributed by atoms with E-state index in [0.717, 1.165) is 11.3 Å². The summed E-state index contributed by atoms with van der Waals surface area (Å²) in [6.07, 6.45) is 0. The van der Waals surface area contributed by atoms with Crippen molar-refractivity contribution in [3.63, 3.8) is 0 Å². The Bertz CT molecular complexity index is 617. The molecule has 0 amide bonds. The number of halogens is 2. The van der Waals surface area contributed by atoms with E-state index in [2.05, 4.69) is 5.32 Å². The fraction of sp³-hybridized carbons (Fsp3) is 0.250. The first-order chi connectivity index (χ1) is 10.2. The zero-order valence-corrected chi connectivity index (χ0v) is 13.5. The Morgan fingerprint density at radius 3 is 2.52 bits per heavy atom. The van der Waals surface area contributed by atoms with Gasteiger partial charge in [0.05, 0.1) is 29.4 Å². The highest BCUT2D eigenvalue weighted by atomic mass is 35.5. The summed E-state index contributed by atoms with van der Waals surface area (Å²) in [4.78, 5) is 0. The van der Waals surface area contributed by atoms with E-state index >= 15 is 0 Å². The highest BCUT2D eigenvalue weighted by Crippen LogP contribution is 2.36. The minimum absolute atomic E-state index is 0.527. The highest BCUT2D eigenvalue weighted by Gasteiger charge is 2.11. The molecule has 0 aliphatic heterocycles. The second kappa shape index (κ2) is 7.43. The Hall–Kier alpha value is -1.58. The maximum Gasteiger partial charge on any atom is 0.179 e. The van der Waals surface area contributed by atoms with Crippen molar-refractivity contribution in [2.45, 2.75) is 13.5 Å². The Morgan fingerprint density at radius 2 is 1.86 bits per heavy atom. The van der Waals surface area contributed by atoms with Crippen molar-refractivity contribution in [3.8, 4) is 11.5 Å². The summed E-state index contributed by atoms with van der Waals surface area (Å²) in [5.41, 5.74) is 1.87. The minimum Gasteiger partial charge on any atom is -0.491 e. The van der Waals surface area contributed by atoms with Crippen LogP contribution in [-0.4, -0.2) is 13.7 Å². The molecular formula is C16H17Cl2NO2. The van der Waals surface area contributed by atoms with Crippen molar-refractivity contribution in [2.24, 2.45) is 0 Å². The van der Waals surface area contributed by atoms with E-state index < -0.39 is 0 Å². The average molecular weight is 326 g/mol. The quantitative estimate of drug-likeness (QED) is 0.809. The lowest BCUT2D eigenvalue weighted by atomic mass is 10.2. The maximum absolute atomic E-state index is 6.22. The van der Waals surface area contributed by atoms with E-state index in [1.807, 2.05) is 43.3 Å². The average Bonchev–Trinajstić information content (AvgIpc) is 2.47. The third kappa shape index (κ3) is 3.96. The Balaban J connectivity index is 2.19. The Morgan fingerprint density at radius 1 is 1.10 bits per heavy atom. The molecule has 0 bridgehead atoms. The van der Waals surface area contributed by atoms with Gasteiger partial charge in [0, 0.05) is 6.54 Å². The van der Waals surface area contributed by atoms with Gasteiger partial charge < -0.3 is 14.8 Å². The van der Waals surface area contributed by atoms with Crippen LogP contribution in [0, 0.1) is 0 Å². The fourth-order valence-corrected chi connectivity index (χ4v) is 2.50. The zero-order chi connectivity index (χ0) is 15.2. The topological polar surface area (TPSA) is 30.5 Å². The van der Waals surface area contributed by atoms with Crippen LogP contribution in [0.15, 0.2) is 36.4 Å². The van der Waals surface area contributed by atoms with Gasteiger partial charge in [0.2, 0.25) is 0 Å². The van der Waals surface area contributed by atoms with Gasteiger partial charge in [-0.2, -0.15) is 0 Å². The fourth-order valence-electron chi connectivity index (χ4n) is 1.99. The predicted octanol–water partition coefficient (Wildman–Crippen LogP) is 5.01. The molecule has 0 atom stereocenters. The van der Waals surface area contributed by atoms with Crippen molar-refractivity contribution in [3.05, 3.63) is 52.0 Å². The number of ether oxygens (including phenoxy) is 2. The molecule has 0 heterocycles. The second-order valence-electron chi connectivity index (χ2n) is 4.38. The maximum atomic E-state index is 6.22. The van der Waals surface area contributed by atoms with E-state index in [9.17, 15) is 0 Å². The standard InChI is InChI=1S/C16H17Cl2NO2/c1-3-21-15-9-11(8-13(18)16(15)20-2)10-19-14-7-5-4-6-12(14)17/h4-9,19H,3,10H2,1-2H3. The summed E-state index contributed by atoms with van der Waals surface area (Å²) >= 11 is 12.3. The molecule has 1 N–H and O–H groups in total. The van der Waals surface area contributed by atoms with Gasteiger partial charge in [-0.05, 0) is 36.8 Å². The third-order valence-corrected chi connectivity index (χ3v) is 3.54. The van der Waals surface area contributed by atoms with Crippen LogP contribution in [-0.2, 0) is 6.54 Å². The molecule has 2 aromatic rings. The number of hydrogen-bond acceptors (Lipinski definition) is 3. The molecule has 5 heteroatoms. The molecule has 2 rings (SSSR count). The molecule has 0 radical (unpaired) electrons. The van der Waals surface area contributed by atoms with E-state index in [-0.39, 0.29) is 0 Å². The zero-order valence-electron chi connectivity index (χ0n) is 12.0. The Labute approximate surface area is 134 Å². The summed E-state index contributed by atoms with van der Waals surface area (Å²) in [5.74, 6) is 1.20. The van der Waals surface area contributed by atoms with Crippen molar-refractivity contribution in [2.75, 3.05) is 19.0 Å². The molecule has 112 valence electrons. The van der Waals surface area contributed by atoms with Crippen LogP contribution in [0.3, 0.4) is 0 Å². The van der Waals surface area contributed by atoms with Gasteiger partial charge >= 0.3 is 0 Å². The molecule has 0 aromatic heterocycles. The molecule has 0 saturated heterocycles. The first-order valence-corrected chi connectivity index (χ1v) is 7.39. The summed E-state index contributed by atoms with van der Waals surface area (Å²) in [5, 5.41) is 4.49. The van der Waals surface area contributed by atoms with E-state index in [4.69, 9.17) is 32.7 Å². The monoisotopic (exact) mass is 325 g/mol. The van der Waals surface area contributed by atoms with Crippen molar-refractivity contribution >= 4 is 28.9 Å². The number of methoxy groups -OCH3 is 1.